The first-order valence-electron chi connectivity index (χ1n) is 5.51. The van der Waals surface area contributed by atoms with Gasteiger partial charge in [-0.2, -0.15) is 0 Å². The Morgan fingerprint density at radius 3 is 2.81 bits per heavy atom. The third-order valence-corrected chi connectivity index (χ3v) is 2.39. The summed E-state index contributed by atoms with van der Waals surface area (Å²) >= 11 is 0. The van der Waals surface area contributed by atoms with Gasteiger partial charge in [0.05, 0.1) is 6.42 Å². The molecule has 1 amide bonds. The van der Waals surface area contributed by atoms with Crippen molar-refractivity contribution >= 4 is 16.8 Å². The van der Waals surface area contributed by atoms with E-state index in [-0.39, 0.29) is 11.9 Å². The highest BCUT2D eigenvalue weighted by molar-refractivity contribution is 5.84. The van der Waals surface area contributed by atoms with Crippen molar-refractivity contribution in [2.45, 2.75) is 26.3 Å². The van der Waals surface area contributed by atoms with Crippen LogP contribution in [0.1, 0.15) is 19.5 Å². The van der Waals surface area contributed by atoms with Crippen molar-refractivity contribution in [2.24, 2.45) is 0 Å². The van der Waals surface area contributed by atoms with Gasteiger partial charge in [0, 0.05) is 17.3 Å². The van der Waals surface area contributed by atoms with E-state index < -0.39 is 0 Å². The Labute approximate surface area is 94.9 Å². The first-order chi connectivity index (χ1) is 7.65. The highest BCUT2D eigenvalue weighted by atomic mass is 16.1. The van der Waals surface area contributed by atoms with Gasteiger partial charge in [0.15, 0.2) is 0 Å². The van der Waals surface area contributed by atoms with Crippen LogP contribution in [0.2, 0.25) is 0 Å². The van der Waals surface area contributed by atoms with Crippen LogP contribution in [0.25, 0.3) is 10.9 Å². The maximum atomic E-state index is 11.6. The zero-order valence-electron chi connectivity index (χ0n) is 9.58. The SMILES string of the molecule is CC(C)NC(=O)Cc1cc2ccccc2[nH]1. The molecule has 1 heterocycles. The number of nitrogens with one attached hydrogen (secondary N) is 2. The van der Waals surface area contributed by atoms with Gasteiger partial charge in [0.25, 0.3) is 0 Å². The summed E-state index contributed by atoms with van der Waals surface area (Å²) in [6, 6.07) is 10.2. The molecule has 0 aliphatic carbocycles. The molecule has 2 N–H and O–H groups in total. The number of H-pyrrole nitrogens is 1. The Morgan fingerprint density at radius 1 is 1.38 bits per heavy atom. The molecule has 2 aromatic rings. The molecule has 0 aliphatic rings. The van der Waals surface area contributed by atoms with Crippen LogP contribution < -0.4 is 5.32 Å². The topological polar surface area (TPSA) is 44.9 Å². The summed E-state index contributed by atoms with van der Waals surface area (Å²) < 4.78 is 0. The van der Waals surface area contributed by atoms with Crippen molar-refractivity contribution in [3.05, 3.63) is 36.0 Å². The normalized spacial score (nSPS) is 10.9. The fourth-order valence-corrected chi connectivity index (χ4v) is 1.77. The van der Waals surface area contributed by atoms with Gasteiger partial charge in [-0.25, -0.2) is 0 Å². The summed E-state index contributed by atoms with van der Waals surface area (Å²) in [5.74, 6) is 0.0570. The minimum Gasteiger partial charge on any atom is -0.358 e. The molecule has 0 fully saturated rings. The van der Waals surface area contributed by atoms with E-state index in [1.807, 2.05) is 44.2 Å². The molecule has 0 atom stereocenters. The number of amides is 1. The van der Waals surface area contributed by atoms with Gasteiger partial charge in [-0.1, -0.05) is 18.2 Å². The predicted octanol–water partition coefficient (Wildman–Crippen LogP) is 2.23. The summed E-state index contributed by atoms with van der Waals surface area (Å²) in [6.07, 6.45) is 0.410. The Bertz CT molecular complexity index is 466. The molecule has 0 bridgehead atoms. The second-order valence-corrected chi connectivity index (χ2v) is 4.28. The van der Waals surface area contributed by atoms with E-state index in [1.54, 1.807) is 0 Å². The molecule has 1 aromatic carbocycles. The number of fused-ring (bicyclic) bond motifs is 1. The predicted molar refractivity (Wildman–Crippen MR) is 65.3 cm³/mol. The Hall–Kier alpha value is -1.77. The van der Waals surface area contributed by atoms with Crippen LogP contribution in [-0.2, 0) is 11.2 Å². The third-order valence-electron chi connectivity index (χ3n) is 2.39. The van der Waals surface area contributed by atoms with Crippen molar-refractivity contribution in [1.29, 1.82) is 0 Å². The fraction of sp³-hybridized carbons (Fsp3) is 0.308. The van der Waals surface area contributed by atoms with Gasteiger partial charge in [0.2, 0.25) is 5.91 Å². The molecule has 0 saturated heterocycles. The molecule has 2 rings (SSSR count). The van der Waals surface area contributed by atoms with E-state index in [0.717, 1.165) is 16.6 Å². The summed E-state index contributed by atoms with van der Waals surface area (Å²) in [5.41, 5.74) is 2.04. The zero-order chi connectivity index (χ0) is 11.5. The lowest BCUT2D eigenvalue weighted by atomic mass is 10.2. The standard InChI is InChI=1S/C13H16N2O/c1-9(2)14-13(16)8-11-7-10-5-3-4-6-12(10)15-11/h3-7,9,15H,8H2,1-2H3,(H,14,16). The van der Waals surface area contributed by atoms with Crippen LogP contribution in [0.3, 0.4) is 0 Å². The summed E-state index contributed by atoms with van der Waals surface area (Å²) in [6.45, 7) is 3.92. The van der Waals surface area contributed by atoms with E-state index in [9.17, 15) is 4.79 Å². The fourth-order valence-electron chi connectivity index (χ4n) is 1.77. The Balaban J connectivity index is 2.12. The molecule has 3 heteroatoms. The van der Waals surface area contributed by atoms with Crippen LogP contribution >= 0.6 is 0 Å². The van der Waals surface area contributed by atoms with E-state index in [1.165, 1.54) is 0 Å². The van der Waals surface area contributed by atoms with Gasteiger partial charge < -0.3 is 10.3 Å². The van der Waals surface area contributed by atoms with Crippen molar-refractivity contribution in [1.82, 2.24) is 10.3 Å². The largest absolute Gasteiger partial charge is 0.358 e. The van der Waals surface area contributed by atoms with Gasteiger partial charge in [-0.3, -0.25) is 4.79 Å². The molecular weight excluding hydrogens is 200 g/mol. The number of hydrogen-bond donors (Lipinski definition) is 2. The number of benzene rings is 1. The summed E-state index contributed by atoms with van der Waals surface area (Å²) in [5, 5.41) is 4.02. The average Bonchev–Trinajstić information content (AvgIpc) is 2.57. The Kier molecular flexibility index (Phi) is 2.95. The van der Waals surface area contributed by atoms with E-state index in [2.05, 4.69) is 10.3 Å². The highest BCUT2D eigenvalue weighted by Gasteiger charge is 2.06. The van der Waals surface area contributed by atoms with Crippen molar-refractivity contribution in [3.63, 3.8) is 0 Å². The molecule has 84 valence electrons. The molecule has 0 unspecified atom stereocenters. The number of aromatic amines is 1. The zero-order valence-corrected chi connectivity index (χ0v) is 9.58. The highest BCUT2D eigenvalue weighted by Crippen LogP contribution is 2.14. The van der Waals surface area contributed by atoms with Gasteiger partial charge >= 0.3 is 0 Å². The third kappa shape index (κ3) is 2.42. The molecule has 0 aliphatic heterocycles. The lowest BCUT2D eigenvalue weighted by Crippen LogP contribution is -2.31. The second-order valence-electron chi connectivity index (χ2n) is 4.28. The number of rotatable bonds is 3. The summed E-state index contributed by atoms with van der Waals surface area (Å²) in [4.78, 5) is 14.8. The molecular formula is C13H16N2O. The van der Waals surface area contributed by atoms with Crippen molar-refractivity contribution in [2.75, 3.05) is 0 Å². The Morgan fingerprint density at radius 2 is 2.12 bits per heavy atom. The molecule has 1 aromatic heterocycles. The van der Waals surface area contributed by atoms with Crippen LogP contribution in [0.15, 0.2) is 30.3 Å². The molecule has 0 spiro atoms. The van der Waals surface area contributed by atoms with E-state index in [4.69, 9.17) is 0 Å². The smallest absolute Gasteiger partial charge is 0.226 e. The van der Waals surface area contributed by atoms with Crippen LogP contribution in [0.5, 0.6) is 0 Å². The van der Waals surface area contributed by atoms with Crippen molar-refractivity contribution in [3.8, 4) is 0 Å². The van der Waals surface area contributed by atoms with E-state index >= 15 is 0 Å². The maximum absolute atomic E-state index is 11.6. The number of aromatic nitrogens is 1. The first kappa shape index (κ1) is 10.7. The maximum Gasteiger partial charge on any atom is 0.226 e. The summed E-state index contributed by atoms with van der Waals surface area (Å²) in [7, 11) is 0. The molecule has 3 nitrogen and oxygen atoms in total. The van der Waals surface area contributed by atoms with Crippen LogP contribution in [0.4, 0.5) is 0 Å². The van der Waals surface area contributed by atoms with Gasteiger partial charge in [0.1, 0.15) is 0 Å². The average molecular weight is 216 g/mol. The second kappa shape index (κ2) is 4.39. The number of para-hydroxylation sites is 1. The van der Waals surface area contributed by atoms with Gasteiger partial charge in [-0.15, -0.1) is 0 Å². The first-order valence-corrected chi connectivity index (χ1v) is 5.51. The van der Waals surface area contributed by atoms with Gasteiger partial charge in [-0.05, 0) is 31.4 Å². The van der Waals surface area contributed by atoms with E-state index in [0.29, 0.717) is 6.42 Å². The lowest BCUT2D eigenvalue weighted by molar-refractivity contribution is -0.120. The quantitative estimate of drug-likeness (QED) is 0.812. The minimum atomic E-state index is 0.0570. The van der Waals surface area contributed by atoms with Crippen LogP contribution in [-0.4, -0.2) is 16.9 Å². The number of hydrogen-bond acceptors (Lipinski definition) is 1. The monoisotopic (exact) mass is 216 g/mol. The number of carbonyl (C=O) groups excluding carboxylic acids is 1. The lowest BCUT2D eigenvalue weighted by Gasteiger charge is -2.06. The number of carbonyl (C=O) groups is 1. The molecule has 0 radical (unpaired) electrons. The molecule has 16 heavy (non-hydrogen) atoms. The van der Waals surface area contributed by atoms with Crippen LogP contribution in [0, 0.1) is 0 Å². The molecule has 0 saturated carbocycles. The van der Waals surface area contributed by atoms with Crippen molar-refractivity contribution < 1.29 is 4.79 Å². The minimum absolute atomic E-state index is 0.0570.